The number of fused-ring (bicyclic) bond motifs is 1. The van der Waals surface area contributed by atoms with E-state index in [0.717, 1.165) is 24.0 Å². The molecular weight excluding hydrogens is 442 g/mol. The Hall–Kier alpha value is -3.58. The molecule has 0 aliphatic carbocycles. The van der Waals surface area contributed by atoms with Crippen LogP contribution in [0.15, 0.2) is 71.7 Å². The fraction of sp³-hybridized carbons (Fsp3) is 0.357. The number of hydrogen-bond acceptors (Lipinski definition) is 5. The number of nitrogen functional groups attached to an aromatic ring is 1. The maximum absolute atomic E-state index is 13.7. The second-order valence-electron chi connectivity index (χ2n) is 8.81. The molecule has 1 aliphatic heterocycles. The summed E-state index contributed by atoms with van der Waals surface area (Å²) in [4.78, 5) is 28.5. The van der Waals surface area contributed by atoms with Crippen LogP contribution < -0.4 is 15.9 Å². The predicted molar refractivity (Wildman–Crippen MR) is 137 cm³/mol. The van der Waals surface area contributed by atoms with Gasteiger partial charge in [0.25, 0.3) is 5.91 Å². The van der Waals surface area contributed by atoms with Gasteiger partial charge in [0, 0.05) is 32.3 Å². The number of pyridine rings is 1. The van der Waals surface area contributed by atoms with Crippen molar-refractivity contribution in [1.82, 2.24) is 9.47 Å². The van der Waals surface area contributed by atoms with Crippen LogP contribution >= 0.6 is 0 Å². The van der Waals surface area contributed by atoms with Crippen molar-refractivity contribution in [2.24, 2.45) is 0 Å². The highest BCUT2D eigenvalue weighted by Gasteiger charge is 2.39. The van der Waals surface area contributed by atoms with Gasteiger partial charge in [-0.1, -0.05) is 74.0 Å². The highest BCUT2D eigenvalue weighted by atomic mass is 16.5. The van der Waals surface area contributed by atoms with E-state index in [1.54, 1.807) is 18.2 Å². The summed E-state index contributed by atoms with van der Waals surface area (Å²) in [6.45, 7) is 3.64. The van der Waals surface area contributed by atoms with E-state index in [2.05, 4.69) is 24.3 Å². The number of aromatic nitrogens is 1. The fourth-order valence-corrected chi connectivity index (χ4v) is 4.71. The van der Waals surface area contributed by atoms with Gasteiger partial charge in [-0.2, -0.15) is 0 Å². The standard InChI is InChI=1S/C28H33N3O4/c1-3-4-16-35-27-25-28(33)30(15-17-34-2)19-23(31(25)18-22(29)26(27)32)24(20-11-7-5-8-12-20)21-13-9-6-10-14-21/h5-14,18,23-24H,3-4,15-17,19,29H2,1-2H3/t23-/m1/s1. The average Bonchev–Trinajstić information content (AvgIpc) is 2.88. The second-order valence-corrected chi connectivity index (χ2v) is 8.81. The topological polar surface area (TPSA) is 86.8 Å². The van der Waals surface area contributed by atoms with E-state index in [1.807, 2.05) is 47.9 Å². The molecule has 0 unspecified atom stereocenters. The number of nitrogens with zero attached hydrogens (tertiary/aromatic N) is 2. The molecule has 1 amide bonds. The van der Waals surface area contributed by atoms with Crippen LogP contribution in [0.25, 0.3) is 0 Å². The smallest absolute Gasteiger partial charge is 0.274 e. The molecule has 1 atom stereocenters. The lowest BCUT2D eigenvalue weighted by molar-refractivity contribution is 0.0580. The fourth-order valence-electron chi connectivity index (χ4n) is 4.71. The Bertz CT molecular complexity index is 1150. The zero-order chi connectivity index (χ0) is 24.8. The summed E-state index contributed by atoms with van der Waals surface area (Å²) in [5, 5.41) is 0. The second kappa shape index (κ2) is 11.2. The number of amides is 1. The Morgan fingerprint density at radius 3 is 2.20 bits per heavy atom. The van der Waals surface area contributed by atoms with Crippen LogP contribution in [0.4, 0.5) is 5.69 Å². The summed E-state index contributed by atoms with van der Waals surface area (Å²) < 4.78 is 13.1. The van der Waals surface area contributed by atoms with Crippen LogP contribution in [-0.4, -0.2) is 48.8 Å². The zero-order valence-electron chi connectivity index (χ0n) is 20.4. The van der Waals surface area contributed by atoms with Crippen molar-refractivity contribution in [3.63, 3.8) is 0 Å². The van der Waals surface area contributed by atoms with Crippen molar-refractivity contribution in [1.29, 1.82) is 0 Å². The molecule has 35 heavy (non-hydrogen) atoms. The van der Waals surface area contributed by atoms with Crippen molar-refractivity contribution in [2.45, 2.75) is 31.7 Å². The molecule has 4 rings (SSSR count). The maximum Gasteiger partial charge on any atom is 0.274 e. The number of benzene rings is 2. The molecule has 2 heterocycles. The van der Waals surface area contributed by atoms with Crippen molar-refractivity contribution in [3.8, 4) is 5.75 Å². The van der Waals surface area contributed by atoms with Gasteiger partial charge in [0.15, 0.2) is 11.4 Å². The van der Waals surface area contributed by atoms with Crippen LogP contribution in [0.3, 0.4) is 0 Å². The summed E-state index contributed by atoms with van der Waals surface area (Å²) in [7, 11) is 1.61. The summed E-state index contributed by atoms with van der Waals surface area (Å²) in [5.41, 5.74) is 8.30. The van der Waals surface area contributed by atoms with Gasteiger partial charge < -0.3 is 24.7 Å². The minimum atomic E-state index is -0.441. The van der Waals surface area contributed by atoms with Gasteiger partial charge in [-0.15, -0.1) is 0 Å². The number of unbranched alkanes of at least 4 members (excludes halogenated alkanes) is 1. The Balaban J connectivity index is 1.92. The normalized spacial score (nSPS) is 15.3. The number of carbonyl (C=O) groups is 1. The number of methoxy groups -OCH3 is 1. The summed E-state index contributed by atoms with van der Waals surface area (Å²) in [6.07, 6.45) is 3.29. The molecule has 2 N–H and O–H groups in total. The van der Waals surface area contributed by atoms with Gasteiger partial charge in [0.1, 0.15) is 5.69 Å². The monoisotopic (exact) mass is 475 g/mol. The third-order valence-corrected chi connectivity index (χ3v) is 6.49. The van der Waals surface area contributed by atoms with E-state index in [-0.39, 0.29) is 35.0 Å². The lowest BCUT2D eigenvalue weighted by Crippen LogP contribution is -2.47. The summed E-state index contributed by atoms with van der Waals surface area (Å²) in [5.74, 6) is -0.295. The molecule has 0 spiro atoms. The molecule has 7 heteroatoms. The van der Waals surface area contributed by atoms with E-state index >= 15 is 0 Å². The van der Waals surface area contributed by atoms with E-state index < -0.39 is 5.43 Å². The Labute approximate surface area is 206 Å². The molecule has 0 saturated carbocycles. The Morgan fingerprint density at radius 1 is 1.00 bits per heavy atom. The summed E-state index contributed by atoms with van der Waals surface area (Å²) in [6, 6.07) is 20.2. The van der Waals surface area contributed by atoms with Crippen molar-refractivity contribution in [2.75, 3.05) is 39.1 Å². The van der Waals surface area contributed by atoms with Gasteiger partial charge in [0.05, 0.1) is 19.3 Å². The minimum absolute atomic E-state index is 0.0374. The van der Waals surface area contributed by atoms with Crippen LogP contribution in [0.1, 0.15) is 53.3 Å². The average molecular weight is 476 g/mol. The summed E-state index contributed by atoms with van der Waals surface area (Å²) >= 11 is 0. The first kappa shape index (κ1) is 24.5. The number of rotatable bonds is 10. The Morgan fingerprint density at radius 2 is 1.63 bits per heavy atom. The van der Waals surface area contributed by atoms with Gasteiger partial charge in [-0.3, -0.25) is 9.59 Å². The predicted octanol–water partition coefficient (Wildman–Crippen LogP) is 4.08. The molecule has 7 nitrogen and oxygen atoms in total. The lowest BCUT2D eigenvalue weighted by Gasteiger charge is -2.40. The molecule has 0 saturated heterocycles. The quantitative estimate of drug-likeness (QED) is 0.447. The SMILES string of the molecule is CCCCOc1c2n(cc(N)c1=O)[C@@H](C(c1ccccc1)c1ccccc1)CN(CCOC)C2=O. The van der Waals surface area contributed by atoms with Gasteiger partial charge in [-0.05, 0) is 17.5 Å². The van der Waals surface area contributed by atoms with Crippen molar-refractivity contribution in [3.05, 3.63) is 93.9 Å². The van der Waals surface area contributed by atoms with E-state index in [9.17, 15) is 9.59 Å². The van der Waals surface area contributed by atoms with Gasteiger partial charge in [0.2, 0.25) is 5.43 Å². The highest BCUT2D eigenvalue weighted by molar-refractivity contribution is 5.96. The third kappa shape index (κ3) is 5.10. The van der Waals surface area contributed by atoms with E-state index in [0.29, 0.717) is 26.3 Å². The van der Waals surface area contributed by atoms with Crippen LogP contribution in [-0.2, 0) is 4.74 Å². The number of ether oxygens (including phenoxy) is 2. The molecule has 1 aliphatic rings. The molecule has 3 aromatic rings. The molecule has 2 aromatic carbocycles. The third-order valence-electron chi connectivity index (χ3n) is 6.49. The first-order valence-electron chi connectivity index (χ1n) is 12.1. The zero-order valence-corrected chi connectivity index (χ0v) is 20.4. The number of hydrogen-bond donors (Lipinski definition) is 1. The number of carbonyl (C=O) groups excluding carboxylic acids is 1. The van der Waals surface area contributed by atoms with E-state index in [1.165, 1.54) is 0 Å². The lowest BCUT2D eigenvalue weighted by atomic mass is 9.83. The van der Waals surface area contributed by atoms with Gasteiger partial charge >= 0.3 is 0 Å². The highest BCUT2D eigenvalue weighted by Crippen LogP contribution is 2.40. The number of anilines is 1. The van der Waals surface area contributed by atoms with Crippen molar-refractivity contribution < 1.29 is 14.3 Å². The molecular formula is C28H33N3O4. The minimum Gasteiger partial charge on any atom is -0.487 e. The molecule has 0 radical (unpaired) electrons. The van der Waals surface area contributed by atoms with E-state index in [4.69, 9.17) is 15.2 Å². The Kier molecular flexibility index (Phi) is 7.87. The van der Waals surface area contributed by atoms with Crippen LogP contribution in [0.2, 0.25) is 0 Å². The maximum atomic E-state index is 13.7. The molecule has 184 valence electrons. The van der Waals surface area contributed by atoms with Gasteiger partial charge in [-0.25, -0.2) is 0 Å². The van der Waals surface area contributed by atoms with Crippen LogP contribution in [0, 0.1) is 0 Å². The van der Waals surface area contributed by atoms with Crippen LogP contribution in [0.5, 0.6) is 5.75 Å². The first-order chi connectivity index (χ1) is 17.1. The molecule has 0 bridgehead atoms. The van der Waals surface area contributed by atoms with Crippen molar-refractivity contribution >= 4 is 11.6 Å². The largest absolute Gasteiger partial charge is 0.487 e. The molecule has 1 aromatic heterocycles. The number of nitrogens with two attached hydrogens (primary N) is 1. The molecule has 0 fully saturated rings. The first-order valence-corrected chi connectivity index (χ1v) is 12.1.